The van der Waals surface area contributed by atoms with E-state index in [0.29, 0.717) is 17.1 Å². The molecule has 1 aromatic heterocycles. The lowest BCUT2D eigenvalue weighted by Crippen LogP contribution is -1.98. The van der Waals surface area contributed by atoms with Crippen LogP contribution in [-0.2, 0) is 6.42 Å². The molecule has 0 saturated carbocycles. The second-order valence-corrected chi connectivity index (χ2v) is 4.43. The summed E-state index contributed by atoms with van der Waals surface area (Å²) >= 11 is 6.05. The normalized spacial score (nSPS) is 10.6. The molecule has 18 heavy (non-hydrogen) atoms. The fraction of sp³-hybridized carbons (Fsp3) is 0.231. The van der Waals surface area contributed by atoms with E-state index in [1.165, 1.54) is 6.20 Å². The highest BCUT2D eigenvalue weighted by Crippen LogP contribution is 2.20. The molecule has 2 aromatic rings. The molecule has 1 aromatic carbocycles. The van der Waals surface area contributed by atoms with Gasteiger partial charge in [-0.1, -0.05) is 24.6 Å². The molecule has 0 aliphatic heterocycles. The van der Waals surface area contributed by atoms with Crippen LogP contribution < -0.4 is 0 Å². The van der Waals surface area contributed by atoms with E-state index in [0.717, 1.165) is 11.3 Å². The van der Waals surface area contributed by atoms with E-state index in [1.807, 2.05) is 26.0 Å². The lowest BCUT2D eigenvalue weighted by molar-refractivity contribution is 0.0695. The van der Waals surface area contributed by atoms with Crippen LogP contribution in [0.5, 0.6) is 0 Å². The van der Waals surface area contributed by atoms with Crippen molar-refractivity contribution in [3.63, 3.8) is 0 Å². The topological polar surface area (TPSA) is 55.1 Å². The molecule has 0 bridgehead atoms. The van der Waals surface area contributed by atoms with Gasteiger partial charge in [0, 0.05) is 11.2 Å². The zero-order valence-electron chi connectivity index (χ0n) is 10.1. The Labute approximate surface area is 110 Å². The summed E-state index contributed by atoms with van der Waals surface area (Å²) < 4.78 is 1.55. The van der Waals surface area contributed by atoms with Gasteiger partial charge in [0.15, 0.2) is 0 Å². The molecule has 0 aliphatic carbocycles. The van der Waals surface area contributed by atoms with Crippen molar-refractivity contribution in [3.05, 3.63) is 46.2 Å². The van der Waals surface area contributed by atoms with Crippen molar-refractivity contribution >= 4 is 17.6 Å². The van der Waals surface area contributed by atoms with Crippen LogP contribution in [0.4, 0.5) is 0 Å². The lowest BCUT2D eigenvalue weighted by atomic mass is 10.2. The first-order valence-electron chi connectivity index (χ1n) is 5.61. The molecule has 0 saturated heterocycles. The molecule has 0 amide bonds. The first-order valence-corrected chi connectivity index (χ1v) is 5.99. The van der Waals surface area contributed by atoms with Crippen molar-refractivity contribution in [2.45, 2.75) is 20.3 Å². The predicted molar refractivity (Wildman–Crippen MR) is 69.6 cm³/mol. The highest BCUT2D eigenvalue weighted by molar-refractivity contribution is 6.31. The summed E-state index contributed by atoms with van der Waals surface area (Å²) in [6, 6.07) is 5.51. The van der Waals surface area contributed by atoms with Crippen molar-refractivity contribution in [2.75, 3.05) is 0 Å². The highest BCUT2D eigenvalue weighted by Gasteiger charge is 2.14. The average molecular weight is 265 g/mol. The van der Waals surface area contributed by atoms with E-state index in [-0.39, 0.29) is 5.56 Å². The van der Waals surface area contributed by atoms with Crippen molar-refractivity contribution in [3.8, 4) is 5.69 Å². The van der Waals surface area contributed by atoms with Crippen molar-refractivity contribution in [1.29, 1.82) is 0 Å². The number of aryl methyl sites for hydroxylation is 2. The summed E-state index contributed by atoms with van der Waals surface area (Å²) in [5.41, 5.74) is 2.53. The zero-order chi connectivity index (χ0) is 13.3. The lowest BCUT2D eigenvalue weighted by Gasteiger charge is -2.03. The summed E-state index contributed by atoms with van der Waals surface area (Å²) in [7, 11) is 0. The van der Waals surface area contributed by atoms with Crippen molar-refractivity contribution in [2.24, 2.45) is 0 Å². The van der Waals surface area contributed by atoms with Crippen LogP contribution in [-0.4, -0.2) is 20.9 Å². The first kappa shape index (κ1) is 12.6. The van der Waals surface area contributed by atoms with Gasteiger partial charge in [0.2, 0.25) is 0 Å². The second kappa shape index (κ2) is 4.82. The van der Waals surface area contributed by atoms with E-state index in [4.69, 9.17) is 16.7 Å². The number of halogens is 1. The third-order valence-corrected chi connectivity index (χ3v) is 3.18. The summed E-state index contributed by atoms with van der Waals surface area (Å²) in [5, 5.41) is 14.0. The standard InChI is InChI=1S/C13H13ClN2O2/c1-3-12-10(13(17)18)7-16(15-12)9-5-4-8(2)11(14)6-9/h4-7H,3H2,1-2H3,(H,17,18). The number of hydrogen-bond acceptors (Lipinski definition) is 2. The van der Waals surface area contributed by atoms with Gasteiger partial charge in [0.25, 0.3) is 0 Å². The van der Waals surface area contributed by atoms with Gasteiger partial charge < -0.3 is 5.11 Å². The average Bonchev–Trinajstić information content (AvgIpc) is 2.77. The minimum absolute atomic E-state index is 0.231. The maximum absolute atomic E-state index is 11.1. The summed E-state index contributed by atoms with van der Waals surface area (Å²) in [6.45, 7) is 3.79. The quantitative estimate of drug-likeness (QED) is 0.927. The van der Waals surface area contributed by atoms with Crippen LogP contribution in [0.3, 0.4) is 0 Å². The predicted octanol–water partition coefficient (Wildman–Crippen LogP) is 3.09. The molecule has 0 unspecified atom stereocenters. The molecule has 1 heterocycles. The van der Waals surface area contributed by atoms with Crippen LogP contribution in [0.25, 0.3) is 5.69 Å². The Kier molecular flexibility index (Phi) is 3.39. The third-order valence-electron chi connectivity index (χ3n) is 2.78. The van der Waals surface area contributed by atoms with E-state index in [1.54, 1.807) is 10.7 Å². The van der Waals surface area contributed by atoms with Gasteiger partial charge >= 0.3 is 5.97 Å². The summed E-state index contributed by atoms with van der Waals surface area (Å²) in [4.78, 5) is 11.1. The number of nitrogens with zero attached hydrogens (tertiary/aromatic N) is 2. The number of benzene rings is 1. The largest absolute Gasteiger partial charge is 0.478 e. The van der Waals surface area contributed by atoms with Gasteiger partial charge in [0.1, 0.15) is 5.56 Å². The Bertz CT molecular complexity index is 605. The monoisotopic (exact) mass is 264 g/mol. The molecule has 0 fully saturated rings. The second-order valence-electron chi connectivity index (χ2n) is 4.03. The Balaban J connectivity index is 2.50. The van der Waals surface area contributed by atoms with Crippen LogP contribution in [0.1, 0.15) is 28.5 Å². The molecule has 4 nitrogen and oxygen atoms in total. The van der Waals surface area contributed by atoms with Gasteiger partial charge in [-0.3, -0.25) is 0 Å². The Hall–Kier alpha value is -1.81. The minimum atomic E-state index is -0.962. The van der Waals surface area contributed by atoms with E-state index in [9.17, 15) is 4.79 Å². The molecular formula is C13H13ClN2O2. The number of aromatic nitrogens is 2. The molecule has 0 aliphatic rings. The third kappa shape index (κ3) is 2.24. The molecule has 1 N–H and O–H groups in total. The maximum atomic E-state index is 11.1. The van der Waals surface area contributed by atoms with Crippen LogP contribution >= 0.6 is 11.6 Å². The fourth-order valence-corrected chi connectivity index (χ4v) is 1.88. The van der Waals surface area contributed by atoms with Gasteiger partial charge in [-0.05, 0) is 31.0 Å². The number of carboxylic acids is 1. The molecular weight excluding hydrogens is 252 g/mol. The van der Waals surface area contributed by atoms with E-state index >= 15 is 0 Å². The number of hydrogen-bond donors (Lipinski definition) is 1. The SMILES string of the molecule is CCc1nn(-c2ccc(C)c(Cl)c2)cc1C(=O)O. The fourth-order valence-electron chi connectivity index (χ4n) is 1.71. The van der Waals surface area contributed by atoms with Crippen LogP contribution in [0, 0.1) is 6.92 Å². The van der Waals surface area contributed by atoms with Gasteiger partial charge in [0.05, 0.1) is 11.4 Å². The van der Waals surface area contributed by atoms with Crippen LogP contribution in [0.2, 0.25) is 5.02 Å². The molecule has 94 valence electrons. The van der Waals surface area contributed by atoms with E-state index in [2.05, 4.69) is 5.10 Å². The molecule has 5 heteroatoms. The number of carboxylic acid groups (broad SMARTS) is 1. The van der Waals surface area contributed by atoms with Gasteiger partial charge in [-0.25, -0.2) is 9.48 Å². The van der Waals surface area contributed by atoms with Gasteiger partial charge in [-0.2, -0.15) is 5.10 Å². The molecule has 0 spiro atoms. The number of aromatic carboxylic acids is 1. The number of rotatable bonds is 3. The first-order chi connectivity index (χ1) is 8.52. The molecule has 0 atom stereocenters. The minimum Gasteiger partial charge on any atom is -0.478 e. The smallest absolute Gasteiger partial charge is 0.339 e. The number of carbonyl (C=O) groups is 1. The van der Waals surface area contributed by atoms with E-state index < -0.39 is 5.97 Å². The Morgan fingerprint density at radius 2 is 2.22 bits per heavy atom. The van der Waals surface area contributed by atoms with Crippen molar-refractivity contribution < 1.29 is 9.90 Å². The molecule has 0 radical (unpaired) electrons. The summed E-state index contributed by atoms with van der Waals surface area (Å²) in [5.74, 6) is -0.962. The highest BCUT2D eigenvalue weighted by atomic mass is 35.5. The molecule has 2 rings (SSSR count). The Morgan fingerprint density at radius 1 is 1.50 bits per heavy atom. The summed E-state index contributed by atoms with van der Waals surface area (Å²) in [6.07, 6.45) is 2.09. The van der Waals surface area contributed by atoms with Crippen molar-refractivity contribution in [1.82, 2.24) is 9.78 Å². The van der Waals surface area contributed by atoms with Crippen LogP contribution in [0.15, 0.2) is 24.4 Å². The van der Waals surface area contributed by atoms with Gasteiger partial charge in [-0.15, -0.1) is 0 Å². The maximum Gasteiger partial charge on any atom is 0.339 e. The Morgan fingerprint density at radius 3 is 2.72 bits per heavy atom. The zero-order valence-corrected chi connectivity index (χ0v) is 10.9.